The molecule has 0 spiro atoms. The quantitative estimate of drug-likeness (QED) is 0.778. The number of nitrogens with one attached hydrogen (secondary N) is 1. The van der Waals surface area contributed by atoms with Gasteiger partial charge in [0, 0.05) is 30.9 Å². The third-order valence-electron chi connectivity index (χ3n) is 4.80. The molecule has 3 aromatic rings. The van der Waals surface area contributed by atoms with Crippen LogP contribution >= 0.6 is 11.3 Å². The molecule has 25 heavy (non-hydrogen) atoms. The van der Waals surface area contributed by atoms with Crippen LogP contribution in [0.25, 0.3) is 10.1 Å². The van der Waals surface area contributed by atoms with Crippen molar-refractivity contribution < 1.29 is 4.79 Å². The minimum Gasteiger partial charge on any atom is -0.335 e. The number of nitrogens with zero attached hydrogens (tertiary/aromatic N) is 1. The zero-order valence-corrected chi connectivity index (χ0v) is 15.2. The van der Waals surface area contributed by atoms with Gasteiger partial charge in [0.05, 0.1) is 4.88 Å². The summed E-state index contributed by atoms with van der Waals surface area (Å²) in [5, 5.41) is 4.53. The standard InChI is InChI=1S/C21H22N2OS/c1-15-6-8-16(9-7-15)14-18-17-4-2-3-5-19(17)25-20(18)21(24)23-12-10-22-11-13-23/h2-9,22H,10-14H2,1H3. The lowest BCUT2D eigenvalue weighted by Crippen LogP contribution is -2.46. The molecule has 0 unspecified atom stereocenters. The Morgan fingerprint density at radius 1 is 1.08 bits per heavy atom. The summed E-state index contributed by atoms with van der Waals surface area (Å²) < 4.78 is 1.20. The fraction of sp³-hybridized carbons (Fsp3) is 0.286. The van der Waals surface area contributed by atoms with Gasteiger partial charge < -0.3 is 10.2 Å². The van der Waals surface area contributed by atoms with Crippen LogP contribution in [0, 0.1) is 6.92 Å². The number of fused-ring (bicyclic) bond motifs is 1. The van der Waals surface area contributed by atoms with E-state index >= 15 is 0 Å². The second kappa shape index (κ2) is 6.98. The first-order valence-corrected chi connectivity index (χ1v) is 9.60. The molecule has 1 fully saturated rings. The van der Waals surface area contributed by atoms with Gasteiger partial charge in [0.1, 0.15) is 0 Å². The molecule has 2 heterocycles. The van der Waals surface area contributed by atoms with Gasteiger partial charge in [-0.05, 0) is 35.9 Å². The topological polar surface area (TPSA) is 32.3 Å². The minimum absolute atomic E-state index is 0.185. The van der Waals surface area contributed by atoms with Crippen LogP contribution in [-0.4, -0.2) is 37.0 Å². The van der Waals surface area contributed by atoms with Crippen molar-refractivity contribution in [3.63, 3.8) is 0 Å². The van der Waals surface area contributed by atoms with E-state index in [9.17, 15) is 4.79 Å². The van der Waals surface area contributed by atoms with E-state index in [1.165, 1.54) is 26.8 Å². The third kappa shape index (κ3) is 3.32. The van der Waals surface area contributed by atoms with Crippen LogP contribution in [0.15, 0.2) is 48.5 Å². The Bertz CT molecular complexity index is 892. The lowest BCUT2D eigenvalue weighted by atomic mass is 10.0. The number of carbonyl (C=O) groups excluding carboxylic acids is 1. The Balaban J connectivity index is 1.75. The summed E-state index contributed by atoms with van der Waals surface area (Å²) in [4.78, 5) is 16.0. The van der Waals surface area contributed by atoms with Crippen molar-refractivity contribution in [3.8, 4) is 0 Å². The van der Waals surface area contributed by atoms with E-state index in [0.29, 0.717) is 0 Å². The fourth-order valence-corrected chi connectivity index (χ4v) is 4.56. The number of hydrogen-bond acceptors (Lipinski definition) is 3. The summed E-state index contributed by atoms with van der Waals surface area (Å²) in [5.41, 5.74) is 3.69. The predicted molar refractivity (Wildman–Crippen MR) is 105 cm³/mol. The molecular formula is C21H22N2OS. The number of thiophene rings is 1. The van der Waals surface area contributed by atoms with E-state index in [0.717, 1.165) is 37.5 Å². The minimum atomic E-state index is 0.185. The van der Waals surface area contributed by atoms with Crippen LogP contribution < -0.4 is 5.32 Å². The monoisotopic (exact) mass is 350 g/mol. The number of amides is 1. The summed E-state index contributed by atoms with van der Waals surface area (Å²) in [7, 11) is 0. The third-order valence-corrected chi connectivity index (χ3v) is 6.00. The number of benzene rings is 2. The highest BCUT2D eigenvalue weighted by molar-refractivity contribution is 7.21. The number of rotatable bonds is 3. The van der Waals surface area contributed by atoms with Gasteiger partial charge in [0.15, 0.2) is 0 Å². The van der Waals surface area contributed by atoms with Gasteiger partial charge in [-0.15, -0.1) is 11.3 Å². The molecular weight excluding hydrogens is 328 g/mol. The fourth-order valence-electron chi connectivity index (χ4n) is 3.37. The molecule has 1 aliphatic rings. The molecule has 0 aliphatic carbocycles. The predicted octanol–water partition coefficient (Wildman–Crippen LogP) is 3.85. The molecule has 0 saturated carbocycles. The van der Waals surface area contributed by atoms with Gasteiger partial charge in [-0.3, -0.25) is 4.79 Å². The van der Waals surface area contributed by atoms with Crippen LogP contribution in [0.3, 0.4) is 0 Å². The van der Waals surface area contributed by atoms with E-state index in [1.54, 1.807) is 11.3 Å². The lowest BCUT2D eigenvalue weighted by molar-refractivity contribution is 0.0740. The van der Waals surface area contributed by atoms with E-state index < -0.39 is 0 Å². The van der Waals surface area contributed by atoms with Gasteiger partial charge in [-0.1, -0.05) is 48.0 Å². The van der Waals surface area contributed by atoms with Gasteiger partial charge in [0.25, 0.3) is 5.91 Å². The molecule has 0 bridgehead atoms. The first kappa shape index (κ1) is 16.3. The van der Waals surface area contributed by atoms with Crippen molar-refractivity contribution in [1.82, 2.24) is 10.2 Å². The van der Waals surface area contributed by atoms with Crippen LogP contribution in [0.1, 0.15) is 26.4 Å². The Labute approximate surface area is 152 Å². The van der Waals surface area contributed by atoms with Crippen molar-refractivity contribution in [2.75, 3.05) is 26.2 Å². The Kier molecular flexibility index (Phi) is 4.55. The molecule has 0 radical (unpaired) electrons. The maximum Gasteiger partial charge on any atom is 0.264 e. The van der Waals surface area contributed by atoms with Crippen molar-refractivity contribution in [1.29, 1.82) is 0 Å². The van der Waals surface area contributed by atoms with Crippen LogP contribution in [-0.2, 0) is 6.42 Å². The van der Waals surface area contributed by atoms with Gasteiger partial charge in [-0.25, -0.2) is 0 Å². The van der Waals surface area contributed by atoms with Crippen LogP contribution in [0.4, 0.5) is 0 Å². The Morgan fingerprint density at radius 2 is 1.80 bits per heavy atom. The van der Waals surface area contributed by atoms with E-state index in [4.69, 9.17) is 0 Å². The summed E-state index contributed by atoms with van der Waals surface area (Å²) in [6.45, 7) is 5.44. The van der Waals surface area contributed by atoms with Crippen molar-refractivity contribution >= 4 is 27.3 Å². The highest BCUT2D eigenvalue weighted by atomic mass is 32.1. The molecule has 1 amide bonds. The molecule has 128 valence electrons. The first-order chi connectivity index (χ1) is 12.2. The van der Waals surface area contributed by atoms with Crippen molar-refractivity contribution in [2.45, 2.75) is 13.3 Å². The molecule has 4 rings (SSSR count). The summed E-state index contributed by atoms with van der Waals surface area (Å²) in [6, 6.07) is 17.0. The van der Waals surface area contributed by atoms with Crippen molar-refractivity contribution in [3.05, 3.63) is 70.1 Å². The Morgan fingerprint density at radius 3 is 2.56 bits per heavy atom. The zero-order valence-electron chi connectivity index (χ0n) is 14.4. The molecule has 1 aliphatic heterocycles. The summed E-state index contributed by atoms with van der Waals surface area (Å²) in [5.74, 6) is 0.185. The van der Waals surface area contributed by atoms with Gasteiger partial charge >= 0.3 is 0 Å². The summed E-state index contributed by atoms with van der Waals surface area (Å²) in [6.07, 6.45) is 0.803. The Hall–Kier alpha value is -2.17. The largest absolute Gasteiger partial charge is 0.335 e. The zero-order chi connectivity index (χ0) is 17.2. The van der Waals surface area contributed by atoms with Gasteiger partial charge in [0.2, 0.25) is 0 Å². The maximum atomic E-state index is 13.1. The molecule has 1 N–H and O–H groups in total. The molecule has 0 atom stereocenters. The van der Waals surface area contributed by atoms with E-state index in [2.05, 4.69) is 54.7 Å². The normalized spacial score (nSPS) is 14.8. The molecule has 1 aromatic heterocycles. The van der Waals surface area contributed by atoms with E-state index in [-0.39, 0.29) is 5.91 Å². The SMILES string of the molecule is Cc1ccc(Cc2c(C(=O)N3CCNCC3)sc3ccccc23)cc1. The lowest BCUT2D eigenvalue weighted by Gasteiger charge is -2.27. The number of piperazine rings is 1. The first-order valence-electron chi connectivity index (χ1n) is 8.78. The smallest absolute Gasteiger partial charge is 0.264 e. The highest BCUT2D eigenvalue weighted by Gasteiger charge is 2.24. The number of carbonyl (C=O) groups is 1. The number of hydrogen-bond donors (Lipinski definition) is 1. The molecule has 3 nitrogen and oxygen atoms in total. The molecule has 1 saturated heterocycles. The van der Waals surface area contributed by atoms with Crippen molar-refractivity contribution in [2.24, 2.45) is 0 Å². The summed E-state index contributed by atoms with van der Waals surface area (Å²) >= 11 is 1.64. The van der Waals surface area contributed by atoms with Crippen LogP contribution in [0.5, 0.6) is 0 Å². The second-order valence-corrected chi connectivity index (χ2v) is 7.66. The van der Waals surface area contributed by atoms with Crippen LogP contribution in [0.2, 0.25) is 0 Å². The van der Waals surface area contributed by atoms with E-state index in [1.807, 2.05) is 11.0 Å². The highest BCUT2D eigenvalue weighted by Crippen LogP contribution is 2.34. The maximum absolute atomic E-state index is 13.1. The molecule has 4 heteroatoms. The molecule has 2 aromatic carbocycles. The average Bonchev–Trinajstić information content (AvgIpc) is 3.02. The second-order valence-electron chi connectivity index (χ2n) is 6.61. The van der Waals surface area contributed by atoms with Gasteiger partial charge in [-0.2, -0.15) is 0 Å². The average molecular weight is 350 g/mol. The number of aryl methyl sites for hydroxylation is 1.